The first-order valence-electron chi connectivity index (χ1n) is 5.81. The molecule has 0 aliphatic heterocycles. The van der Waals surface area contributed by atoms with Crippen molar-refractivity contribution in [2.45, 2.75) is 26.3 Å². The van der Waals surface area contributed by atoms with Crippen LogP contribution < -0.4 is 11.2 Å². The highest BCUT2D eigenvalue weighted by atomic mass is 32.1. The van der Waals surface area contributed by atoms with E-state index in [2.05, 4.69) is 11.9 Å². The van der Waals surface area contributed by atoms with Gasteiger partial charge in [-0.3, -0.25) is 9.36 Å². The summed E-state index contributed by atoms with van der Waals surface area (Å²) in [4.78, 5) is 27.9. The fraction of sp³-hybridized carbons (Fsp3) is 0.417. The first kappa shape index (κ1) is 12.8. The van der Waals surface area contributed by atoms with Crippen molar-refractivity contribution >= 4 is 11.3 Å². The molecule has 0 amide bonds. The molecular weight excluding hydrogens is 250 g/mol. The molecule has 0 saturated carbocycles. The van der Waals surface area contributed by atoms with Gasteiger partial charge in [0, 0.05) is 24.7 Å². The average Bonchev–Trinajstić information content (AvgIpc) is 2.78. The van der Waals surface area contributed by atoms with Gasteiger partial charge in [-0.25, -0.2) is 9.78 Å². The molecule has 0 atom stereocenters. The van der Waals surface area contributed by atoms with Crippen LogP contribution in [0.2, 0.25) is 0 Å². The molecular formula is C12H15N3O2S. The summed E-state index contributed by atoms with van der Waals surface area (Å²) in [5, 5.41) is 2.96. The minimum absolute atomic E-state index is 0.243. The predicted molar refractivity (Wildman–Crippen MR) is 71.2 cm³/mol. The monoisotopic (exact) mass is 265 g/mol. The van der Waals surface area contributed by atoms with Gasteiger partial charge in [0.25, 0.3) is 5.56 Å². The molecule has 0 spiro atoms. The molecule has 0 radical (unpaired) electrons. The molecule has 18 heavy (non-hydrogen) atoms. The molecule has 0 bridgehead atoms. The Morgan fingerprint density at radius 2 is 2.17 bits per heavy atom. The molecule has 0 unspecified atom stereocenters. The van der Waals surface area contributed by atoms with Crippen molar-refractivity contribution < 1.29 is 0 Å². The smallest absolute Gasteiger partial charge is 0.303 e. The molecule has 0 aliphatic rings. The summed E-state index contributed by atoms with van der Waals surface area (Å²) in [6.45, 7) is 2.34. The van der Waals surface area contributed by atoms with Crippen LogP contribution >= 0.6 is 11.3 Å². The SMILES string of the molecule is CCCc1nc(Cn2c(=O)ccn(C)c2=O)cs1. The van der Waals surface area contributed by atoms with E-state index >= 15 is 0 Å². The maximum atomic E-state index is 11.8. The second kappa shape index (κ2) is 5.30. The van der Waals surface area contributed by atoms with Crippen LogP contribution in [0.1, 0.15) is 24.0 Å². The van der Waals surface area contributed by atoms with Crippen LogP contribution in [-0.2, 0) is 20.0 Å². The summed E-state index contributed by atoms with van der Waals surface area (Å²) in [5.41, 5.74) is 0.171. The zero-order chi connectivity index (χ0) is 13.1. The maximum Gasteiger partial charge on any atom is 0.331 e. The number of aryl methyl sites for hydroxylation is 2. The van der Waals surface area contributed by atoms with Crippen molar-refractivity contribution in [3.63, 3.8) is 0 Å². The highest BCUT2D eigenvalue weighted by Gasteiger charge is 2.07. The van der Waals surface area contributed by atoms with E-state index in [0.29, 0.717) is 0 Å². The lowest BCUT2D eigenvalue weighted by atomic mass is 10.3. The van der Waals surface area contributed by atoms with Gasteiger partial charge in [-0.2, -0.15) is 0 Å². The molecule has 0 aliphatic carbocycles. The molecule has 0 saturated heterocycles. The summed E-state index contributed by atoms with van der Waals surface area (Å²) in [6, 6.07) is 1.39. The van der Waals surface area contributed by atoms with E-state index in [0.717, 1.165) is 23.5 Å². The summed E-state index contributed by atoms with van der Waals surface area (Å²) in [7, 11) is 1.63. The zero-order valence-corrected chi connectivity index (χ0v) is 11.2. The standard InChI is InChI=1S/C12H15N3O2S/c1-3-4-10-13-9(8-18-10)7-15-11(16)5-6-14(2)12(15)17/h5-6,8H,3-4,7H2,1-2H3. The zero-order valence-electron chi connectivity index (χ0n) is 10.4. The molecule has 2 aromatic rings. The Bertz CT molecular complexity index is 654. The molecule has 0 N–H and O–H groups in total. The van der Waals surface area contributed by atoms with Crippen molar-refractivity contribution in [3.8, 4) is 0 Å². The summed E-state index contributed by atoms with van der Waals surface area (Å²) in [6.07, 6.45) is 3.46. The molecule has 0 aromatic carbocycles. The van der Waals surface area contributed by atoms with E-state index in [-0.39, 0.29) is 17.8 Å². The second-order valence-corrected chi connectivity index (χ2v) is 5.06. The fourth-order valence-corrected chi connectivity index (χ4v) is 2.56. The molecule has 0 fully saturated rings. The molecule has 2 heterocycles. The molecule has 2 aromatic heterocycles. The second-order valence-electron chi connectivity index (χ2n) is 4.12. The summed E-state index contributed by atoms with van der Waals surface area (Å²) < 4.78 is 2.59. The quantitative estimate of drug-likeness (QED) is 0.829. The van der Waals surface area contributed by atoms with Crippen molar-refractivity contribution in [2.24, 2.45) is 7.05 Å². The van der Waals surface area contributed by atoms with Crippen LogP contribution in [0.15, 0.2) is 27.2 Å². The van der Waals surface area contributed by atoms with Crippen molar-refractivity contribution in [2.75, 3.05) is 0 Å². The number of hydrogen-bond acceptors (Lipinski definition) is 4. The number of thiazole rings is 1. The average molecular weight is 265 g/mol. The van der Waals surface area contributed by atoms with E-state index in [4.69, 9.17) is 0 Å². The Labute approximate surface area is 108 Å². The first-order valence-corrected chi connectivity index (χ1v) is 6.69. The third kappa shape index (κ3) is 2.59. The number of aromatic nitrogens is 3. The Hall–Kier alpha value is -1.69. The molecule has 96 valence electrons. The van der Waals surface area contributed by atoms with E-state index in [9.17, 15) is 9.59 Å². The Morgan fingerprint density at radius 1 is 1.39 bits per heavy atom. The minimum Gasteiger partial charge on any atom is -0.303 e. The highest BCUT2D eigenvalue weighted by molar-refractivity contribution is 7.09. The minimum atomic E-state index is -0.312. The van der Waals surface area contributed by atoms with Gasteiger partial charge in [0.1, 0.15) is 0 Å². The van der Waals surface area contributed by atoms with Crippen LogP contribution in [0.25, 0.3) is 0 Å². The normalized spacial score (nSPS) is 10.8. The van der Waals surface area contributed by atoms with Crippen LogP contribution in [0.4, 0.5) is 0 Å². The molecule has 2 rings (SSSR count). The maximum absolute atomic E-state index is 11.8. The van der Waals surface area contributed by atoms with E-state index in [1.807, 2.05) is 5.38 Å². The van der Waals surface area contributed by atoms with E-state index < -0.39 is 0 Å². The van der Waals surface area contributed by atoms with Gasteiger partial charge in [0.2, 0.25) is 0 Å². The lowest BCUT2D eigenvalue weighted by Gasteiger charge is -2.04. The lowest BCUT2D eigenvalue weighted by molar-refractivity contribution is 0.631. The van der Waals surface area contributed by atoms with Gasteiger partial charge in [0.05, 0.1) is 17.2 Å². The molecule has 5 nitrogen and oxygen atoms in total. The Morgan fingerprint density at radius 3 is 2.89 bits per heavy atom. The van der Waals surface area contributed by atoms with E-state index in [1.54, 1.807) is 18.4 Å². The van der Waals surface area contributed by atoms with Crippen molar-refractivity contribution in [3.05, 3.63) is 49.2 Å². The third-order valence-corrected chi connectivity index (χ3v) is 3.58. The van der Waals surface area contributed by atoms with Gasteiger partial charge < -0.3 is 4.57 Å². The van der Waals surface area contributed by atoms with Crippen LogP contribution in [-0.4, -0.2) is 14.1 Å². The largest absolute Gasteiger partial charge is 0.331 e. The number of hydrogen-bond donors (Lipinski definition) is 0. The van der Waals surface area contributed by atoms with Crippen molar-refractivity contribution in [1.82, 2.24) is 14.1 Å². The predicted octanol–water partition coefficient (Wildman–Crippen LogP) is 1.00. The van der Waals surface area contributed by atoms with Gasteiger partial charge in [0.15, 0.2) is 0 Å². The third-order valence-electron chi connectivity index (χ3n) is 2.62. The van der Waals surface area contributed by atoms with Gasteiger partial charge >= 0.3 is 5.69 Å². The molecule has 6 heteroatoms. The van der Waals surface area contributed by atoms with Crippen LogP contribution in [0.5, 0.6) is 0 Å². The number of rotatable bonds is 4. The van der Waals surface area contributed by atoms with Crippen LogP contribution in [0.3, 0.4) is 0 Å². The topological polar surface area (TPSA) is 56.9 Å². The van der Waals surface area contributed by atoms with Gasteiger partial charge in [-0.1, -0.05) is 6.92 Å². The van der Waals surface area contributed by atoms with Gasteiger partial charge in [-0.15, -0.1) is 11.3 Å². The highest BCUT2D eigenvalue weighted by Crippen LogP contribution is 2.11. The van der Waals surface area contributed by atoms with Crippen LogP contribution in [0, 0.1) is 0 Å². The Kier molecular flexibility index (Phi) is 3.76. The fourth-order valence-electron chi connectivity index (χ4n) is 1.67. The Balaban J connectivity index is 2.31. The lowest BCUT2D eigenvalue weighted by Crippen LogP contribution is -2.38. The summed E-state index contributed by atoms with van der Waals surface area (Å²) in [5.74, 6) is 0. The number of nitrogens with zero attached hydrogens (tertiary/aromatic N) is 3. The van der Waals surface area contributed by atoms with E-state index in [1.165, 1.54) is 21.4 Å². The first-order chi connectivity index (χ1) is 8.61. The summed E-state index contributed by atoms with van der Waals surface area (Å²) >= 11 is 1.57. The van der Waals surface area contributed by atoms with Gasteiger partial charge in [-0.05, 0) is 12.8 Å². The van der Waals surface area contributed by atoms with Crippen molar-refractivity contribution in [1.29, 1.82) is 0 Å².